The van der Waals surface area contributed by atoms with Crippen LogP contribution in [0.25, 0.3) is 0 Å². The summed E-state index contributed by atoms with van der Waals surface area (Å²) in [7, 11) is 0. The van der Waals surface area contributed by atoms with Gasteiger partial charge in [0.15, 0.2) is 0 Å². The zero-order chi connectivity index (χ0) is 7.23. The Hall–Kier alpha value is -0.120. The van der Waals surface area contributed by atoms with Gasteiger partial charge in [0.1, 0.15) is 0 Å². The van der Waals surface area contributed by atoms with Gasteiger partial charge in [-0.3, -0.25) is 0 Å². The summed E-state index contributed by atoms with van der Waals surface area (Å²) in [5.74, 6) is 0. The predicted octanol–water partition coefficient (Wildman–Crippen LogP) is 0.0113. The lowest BCUT2D eigenvalue weighted by Crippen LogP contribution is -2.37. The van der Waals surface area contributed by atoms with Crippen molar-refractivity contribution in [2.45, 2.75) is 13.0 Å². The highest BCUT2D eigenvalue weighted by atomic mass is 16.6. The molecule has 60 valence electrons. The Kier molecular flexibility index (Phi) is 3.72. The predicted molar refractivity (Wildman–Crippen MR) is 39.1 cm³/mol. The van der Waals surface area contributed by atoms with E-state index in [0.717, 1.165) is 32.9 Å². The summed E-state index contributed by atoms with van der Waals surface area (Å²) in [6.45, 7) is 6.24. The fraction of sp³-hybridized carbons (Fsp3) is 1.00. The van der Waals surface area contributed by atoms with Crippen LogP contribution in [0, 0.1) is 0 Å². The van der Waals surface area contributed by atoms with Crippen molar-refractivity contribution in [1.29, 1.82) is 0 Å². The van der Waals surface area contributed by atoms with Gasteiger partial charge in [-0.2, -0.15) is 0 Å². The van der Waals surface area contributed by atoms with E-state index in [4.69, 9.17) is 9.47 Å². The molecule has 0 aromatic rings. The fourth-order valence-corrected chi connectivity index (χ4v) is 0.960. The molecule has 1 fully saturated rings. The molecule has 1 aliphatic rings. The van der Waals surface area contributed by atoms with Crippen LogP contribution in [0.4, 0.5) is 0 Å². The normalized spacial score (nSPS) is 26.7. The highest BCUT2D eigenvalue weighted by Crippen LogP contribution is 1.98. The minimum absolute atomic E-state index is 0.272. The molecule has 0 aromatic heterocycles. The average Bonchev–Trinajstić information content (AvgIpc) is 2.03. The molecule has 10 heavy (non-hydrogen) atoms. The molecule has 0 unspecified atom stereocenters. The second-order valence-corrected chi connectivity index (χ2v) is 2.38. The minimum atomic E-state index is 0.272. The Morgan fingerprint density at radius 2 is 2.40 bits per heavy atom. The number of rotatable bonds is 3. The van der Waals surface area contributed by atoms with Crippen LogP contribution in [-0.2, 0) is 9.47 Å². The highest BCUT2D eigenvalue weighted by molar-refractivity contribution is 4.62. The average molecular weight is 145 g/mol. The van der Waals surface area contributed by atoms with E-state index >= 15 is 0 Å². The maximum absolute atomic E-state index is 5.39. The van der Waals surface area contributed by atoms with Gasteiger partial charge >= 0.3 is 0 Å². The van der Waals surface area contributed by atoms with Crippen molar-refractivity contribution in [3.63, 3.8) is 0 Å². The van der Waals surface area contributed by atoms with Crippen molar-refractivity contribution in [2.24, 2.45) is 0 Å². The van der Waals surface area contributed by atoms with E-state index in [2.05, 4.69) is 12.2 Å². The lowest BCUT2D eigenvalue weighted by Gasteiger charge is -2.22. The smallest absolute Gasteiger partial charge is 0.0933 e. The first-order valence-corrected chi connectivity index (χ1v) is 3.83. The van der Waals surface area contributed by atoms with Crippen LogP contribution < -0.4 is 5.32 Å². The summed E-state index contributed by atoms with van der Waals surface area (Å²) in [6, 6.07) is 0. The molecule has 0 spiro atoms. The second kappa shape index (κ2) is 4.66. The van der Waals surface area contributed by atoms with Crippen LogP contribution in [0.2, 0.25) is 0 Å². The summed E-state index contributed by atoms with van der Waals surface area (Å²) in [5, 5.41) is 3.21. The van der Waals surface area contributed by atoms with E-state index in [9.17, 15) is 0 Å². The van der Waals surface area contributed by atoms with Gasteiger partial charge in [-0.1, -0.05) is 6.92 Å². The van der Waals surface area contributed by atoms with Crippen LogP contribution in [0.5, 0.6) is 0 Å². The summed E-state index contributed by atoms with van der Waals surface area (Å²) >= 11 is 0. The van der Waals surface area contributed by atoms with Crippen LogP contribution in [0.1, 0.15) is 6.92 Å². The lowest BCUT2D eigenvalue weighted by molar-refractivity contribution is -0.0861. The molecule has 0 amide bonds. The topological polar surface area (TPSA) is 30.5 Å². The Labute approximate surface area is 61.7 Å². The molecular formula is C7H15NO2. The molecule has 0 saturated carbocycles. The SMILES string of the molecule is CCNC[C@H]1COCCO1. The summed E-state index contributed by atoms with van der Waals surface area (Å²) in [6.07, 6.45) is 0.272. The van der Waals surface area contributed by atoms with Gasteiger partial charge in [-0.25, -0.2) is 0 Å². The number of nitrogens with one attached hydrogen (secondary N) is 1. The molecular weight excluding hydrogens is 130 g/mol. The standard InChI is InChI=1S/C7H15NO2/c1-2-8-5-7-6-9-3-4-10-7/h7-8H,2-6H2,1H3/t7-/m0/s1. The molecule has 3 heteroatoms. The lowest BCUT2D eigenvalue weighted by atomic mass is 10.3. The molecule has 3 nitrogen and oxygen atoms in total. The molecule has 1 heterocycles. The molecule has 0 aliphatic carbocycles. The maximum Gasteiger partial charge on any atom is 0.0933 e. The van der Waals surface area contributed by atoms with Crippen molar-refractivity contribution in [1.82, 2.24) is 5.32 Å². The first kappa shape index (κ1) is 7.98. The summed E-state index contributed by atoms with van der Waals surface area (Å²) < 4.78 is 10.6. The Morgan fingerprint density at radius 3 is 3.00 bits per heavy atom. The van der Waals surface area contributed by atoms with Gasteiger partial charge in [-0.15, -0.1) is 0 Å². The largest absolute Gasteiger partial charge is 0.376 e. The molecule has 0 radical (unpaired) electrons. The van der Waals surface area contributed by atoms with E-state index in [1.54, 1.807) is 0 Å². The van der Waals surface area contributed by atoms with Crippen LogP contribution >= 0.6 is 0 Å². The van der Waals surface area contributed by atoms with E-state index < -0.39 is 0 Å². The van der Waals surface area contributed by atoms with Crippen molar-refractivity contribution in [3.8, 4) is 0 Å². The third-order valence-electron chi connectivity index (χ3n) is 1.51. The third kappa shape index (κ3) is 2.64. The molecule has 1 rings (SSSR count). The Balaban J connectivity index is 2.02. The number of hydrogen-bond donors (Lipinski definition) is 1. The second-order valence-electron chi connectivity index (χ2n) is 2.38. The number of ether oxygens (including phenoxy) is 2. The fourth-order valence-electron chi connectivity index (χ4n) is 0.960. The molecule has 1 N–H and O–H groups in total. The van der Waals surface area contributed by atoms with Crippen molar-refractivity contribution < 1.29 is 9.47 Å². The van der Waals surface area contributed by atoms with Crippen LogP contribution in [0.15, 0.2) is 0 Å². The van der Waals surface area contributed by atoms with Gasteiger partial charge in [0.25, 0.3) is 0 Å². The van der Waals surface area contributed by atoms with Gasteiger partial charge in [0.05, 0.1) is 25.9 Å². The first-order valence-electron chi connectivity index (χ1n) is 3.83. The zero-order valence-corrected chi connectivity index (χ0v) is 6.43. The van der Waals surface area contributed by atoms with Gasteiger partial charge in [0.2, 0.25) is 0 Å². The number of likely N-dealkylation sites (N-methyl/N-ethyl adjacent to an activating group) is 1. The molecule has 1 aliphatic heterocycles. The highest BCUT2D eigenvalue weighted by Gasteiger charge is 2.12. The first-order chi connectivity index (χ1) is 4.93. The van der Waals surface area contributed by atoms with Crippen LogP contribution in [0.3, 0.4) is 0 Å². The Bertz CT molecular complexity index is 81.7. The quantitative estimate of drug-likeness (QED) is 0.607. The van der Waals surface area contributed by atoms with E-state index in [-0.39, 0.29) is 6.10 Å². The van der Waals surface area contributed by atoms with Gasteiger partial charge in [-0.05, 0) is 6.54 Å². The van der Waals surface area contributed by atoms with Crippen molar-refractivity contribution >= 4 is 0 Å². The van der Waals surface area contributed by atoms with Crippen LogP contribution in [-0.4, -0.2) is 39.0 Å². The third-order valence-corrected chi connectivity index (χ3v) is 1.51. The maximum atomic E-state index is 5.39. The van der Waals surface area contributed by atoms with E-state index in [1.165, 1.54) is 0 Å². The summed E-state index contributed by atoms with van der Waals surface area (Å²) in [4.78, 5) is 0. The molecule has 0 bridgehead atoms. The Morgan fingerprint density at radius 1 is 1.50 bits per heavy atom. The van der Waals surface area contributed by atoms with E-state index in [0.29, 0.717) is 0 Å². The molecule has 1 atom stereocenters. The van der Waals surface area contributed by atoms with Crippen molar-refractivity contribution in [3.05, 3.63) is 0 Å². The van der Waals surface area contributed by atoms with Gasteiger partial charge < -0.3 is 14.8 Å². The minimum Gasteiger partial charge on any atom is -0.376 e. The number of hydrogen-bond acceptors (Lipinski definition) is 3. The van der Waals surface area contributed by atoms with Gasteiger partial charge in [0, 0.05) is 6.54 Å². The van der Waals surface area contributed by atoms with Crippen molar-refractivity contribution in [2.75, 3.05) is 32.9 Å². The van der Waals surface area contributed by atoms with E-state index in [1.807, 2.05) is 0 Å². The molecule has 1 saturated heterocycles. The zero-order valence-electron chi connectivity index (χ0n) is 6.43. The monoisotopic (exact) mass is 145 g/mol. The molecule has 0 aromatic carbocycles. The summed E-state index contributed by atoms with van der Waals surface area (Å²) in [5.41, 5.74) is 0.